The quantitative estimate of drug-likeness (QED) is 0.592. The number of alkyl halides is 5. The zero-order chi connectivity index (χ0) is 25.8. The highest BCUT2D eigenvalue weighted by Gasteiger charge is 2.65. The van der Waals surface area contributed by atoms with Crippen molar-refractivity contribution >= 4 is 6.03 Å². The molecule has 0 unspecified atom stereocenters. The first kappa shape index (κ1) is 23.4. The average Bonchev–Trinajstić information content (AvgIpc) is 3.18. The van der Waals surface area contributed by atoms with Crippen molar-refractivity contribution in [1.29, 1.82) is 0 Å². The summed E-state index contributed by atoms with van der Waals surface area (Å²) in [7, 11) is 0. The molecule has 8 nitrogen and oxygen atoms in total. The summed E-state index contributed by atoms with van der Waals surface area (Å²) in [4.78, 5) is 20.3. The molecule has 7 rings (SSSR count). The van der Waals surface area contributed by atoms with Crippen LogP contribution >= 0.6 is 0 Å². The molecule has 3 saturated carbocycles. The molecule has 37 heavy (non-hydrogen) atoms. The van der Waals surface area contributed by atoms with Gasteiger partial charge in [0.1, 0.15) is 11.7 Å². The van der Waals surface area contributed by atoms with E-state index in [1.165, 1.54) is 11.0 Å². The van der Waals surface area contributed by atoms with Gasteiger partial charge in [-0.25, -0.2) is 23.2 Å². The Morgan fingerprint density at radius 2 is 1.68 bits per heavy atom. The van der Waals surface area contributed by atoms with E-state index in [4.69, 9.17) is 0 Å². The van der Waals surface area contributed by atoms with Crippen molar-refractivity contribution in [2.45, 2.75) is 69.0 Å². The number of hydrogen-bond acceptors (Lipinski definition) is 4. The molecule has 0 aromatic carbocycles. The number of carbonyl (C=O) groups is 1. The van der Waals surface area contributed by atoms with E-state index in [0.29, 0.717) is 31.1 Å². The first-order chi connectivity index (χ1) is 17.5. The molecule has 2 aromatic heterocycles. The van der Waals surface area contributed by atoms with Gasteiger partial charge in [-0.1, -0.05) is 0 Å². The van der Waals surface area contributed by atoms with Gasteiger partial charge < -0.3 is 9.80 Å². The fourth-order valence-electron chi connectivity index (χ4n) is 7.35. The zero-order valence-corrected chi connectivity index (χ0v) is 20.1. The van der Waals surface area contributed by atoms with Crippen molar-refractivity contribution in [2.24, 2.45) is 16.7 Å². The molecular formula is C24H28F5N7O. The van der Waals surface area contributed by atoms with Gasteiger partial charge in [-0.05, 0) is 56.9 Å². The summed E-state index contributed by atoms with van der Waals surface area (Å²) >= 11 is 0. The van der Waals surface area contributed by atoms with Gasteiger partial charge in [0.05, 0.1) is 17.4 Å². The van der Waals surface area contributed by atoms with Crippen LogP contribution in [0.5, 0.6) is 0 Å². The first-order valence-electron chi connectivity index (χ1n) is 12.8. The highest BCUT2D eigenvalue weighted by atomic mass is 19.4. The molecule has 13 heteroatoms. The standard InChI is InChI=1S/C24H28F5N7O/c25-18(26)19-30-13-36(33-19)16-7-22(8-16)11-35(12-22)20(37)34-9-21(10-34)5-14(6-21)3-15-4-17(32-31-15)23(1-2-23)24(27,28)29/h4,13-14,16,18H,1-3,5-12H2,(H,31,32). The van der Waals surface area contributed by atoms with Crippen molar-refractivity contribution < 1.29 is 26.7 Å². The zero-order valence-electron chi connectivity index (χ0n) is 20.1. The van der Waals surface area contributed by atoms with Crippen LogP contribution in [0.25, 0.3) is 0 Å². The summed E-state index contributed by atoms with van der Waals surface area (Å²) < 4.78 is 67.0. The van der Waals surface area contributed by atoms with Crippen LogP contribution in [0, 0.1) is 16.7 Å². The Bertz CT molecular complexity index is 1210. The van der Waals surface area contributed by atoms with Crippen molar-refractivity contribution in [2.75, 3.05) is 26.2 Å². The van der Waals surface area contributed by atoms with E-state index in [1.54, 1.807) is 6.07 Å². The number of aromatic nitrogens is 5. The first-order valence-corrected chi connectivity index (χ1v) is 12.8. The van der Waals surface area contributed by atoms with Gasteiger partial charge in [0.2, 0.25) is 5.82 Å². The number of carbonyl (C=O) groups excluding carboxylic acids is 1. The van der Waals surface area contributed by atoms with E-state index in [2.05, 4.69) is 20.3 Å². The summed E-state index contributed by atoms with van der Waals surface area (Å²) in [6.45, 7) is 2.83. The number of rotatable bonds is 5. The summed E-state index contributed by atoms with van der Waals surface area (Å²) in [6.07, 6.45) is -1.08. The maximum absolute atomic E-state index is 13.3. The molecule has 3 aliphatic carbocycles. The van der Waals surface area contributed by atoms with E-state index in [1.807, 2.05) is 9.80 Å². The number of H-pyrrole nitrogens is 1. The fraction of sp³-hybridized carbons (Fsp3) is 0.750. The Labute approximate surface area is 209 Å². The van der Waals surface area contributed by atoms with E-state index >= 15 is 0 Å². The normalized spacial score (nSPS) is 25.7. The minimum Gasteiger partial charge on any atom is -0.323 e. The third-order valence-corrected chi connectivity index (χ3v) is 9.46. The number of likely N-dealkylation sites (tertiary alicyclic amines) is 2. The molecule has 4 heterocycles. The van der Waals surface area contributed by atoms with E-state index in [9.17, 15) is 26.7 Å². The minimum atomic E-state index is -4.24. The van der Waals surface area contributed by atoms with E-state index in [-0.39, 0.29) is 41.4 Å². The molecule has 0 bridgehead atoms. The lowest BCUT2D eigenvalue weighted by Crippen LogP contribution is -2.71. The molecule has 2 aromatic rings. The molecule has 2 aliphatic heterocycles. The van der Waals surface area contributed by atoms with Crippen LogP contribution in [0.3, 0.4) is 0 Å². The Hall–Kier alpha value is -2.73. The third-order valence-electron chi connectivity index (χ3n) is 9.46. The SMILES string of the molecule is O=C(N1CC2(CC(Cc3cc(C4(C(F)(F)F)CC4)[nH]n3)C2)C1)N1CC2(CC(n3cnc(C(F)F)n3)C2)C1. The minimum absolute atomic E-state index is 0.0581. The van der Waals surface area contributed by atoms with E-state index < -0.39 is 23.8 Å². The second kappa shape index (κ2) is 7.43. The number of urea groups is 1. The van der Waals surface area contributed by atoms with Crippen molar-refractivity contribution in [3.05, 3.63) is 29.6 Å². The number of hydrogen-bond donors (Lipinski definition) is 1. The number of aromatic amines is 1. The molecule has 2 spiro atoms. The van der Waals surface area contributed by atoms with Crippen molar-refractivity contribution in [1.82, 2.24) is 34.8 Å². The van der Waals surface area contributed by atoms with Crippen LogP contribution in [-0.2, 0) is 11.8 Å². The van der Waals surface area contributed by atoms with Crippen LogP contribution in [0.15, 0.2) is 12.4 Å². The lowest BCUT2D eigenvalue weighted by molar-refractivity contribution is -0.161. The average molecular weight is 526 g/mol. The van der Waals surface area contributed by atoms with Crippen LogP contribution < -0.4 is 0 Å². The van der Waals surface area contributed by atoms with Gasteiger partial charge >= 0.3 is 12.2 Å². The van der Waals surface area contributed by atoms with E-state index in [0.717, 1.165) is 38.8 Å². The molecular weight excluding hydrogens is 497 g/mol. The summed E-state index contributed by atoms with van der Waals surface area (Å²) in [6, 6.07) is 1.71. The third kappa shape index (κ3) is 3.58. The number of amides is 2. The topological polar surface area (TPSA) is 82.9 Å². The number of nitrogens with zero attached hydrogens (tertiary/aromatic N) is 6. The van der Waals surface area contributed by atoms with Crippen molar-refractivity contribution in [3.63, 3.8) is 0 Å². The summed E-state index contributed by atoms with van der Waals surface area (Å²) in [5.74, 6) is -0.0606. The highest BCUT2D eigenvalue weighted by Crippen LogP contribution is 2.59. The molecule has 2 amide bonds. The second-order valence-corrected chi connectivity index (χ2v) is 12.3. The molecule has 0 atom stereocenters. The molecule has 2 saturated heterocycles. The predicted molar refractivity (Wildman–Crippen MR) is 119 cm³/mol. The molecule has 5 fully saturated rings. The lowest BCUT2D eigenvalue weighted by atomic mass is 9.56. The summed E-state index contributed by atoms with van der Waals surface area (Å²) in [5, 5.41) is 10.7. The van der Waals surface area contributed by atoms with Gasteiger partial charge in [-0.15, -0.1) is 5.10 Å². The molecule has 200 valence electrons. The van der Waals surface area contributed by atoms with Gasteiger partial charge in [0, 0.05) is 37.0 Å². The Kier molecular flexibility index (Phi) is 4.70. The molecule has 0 radical (unpaired) electrons. The summed E-state index contributed by atoms with van der Waals surface area (Å²) in [5.41, 5.74) is -0.636. The predicted octanol–water partition coefficient (Wildman–Crippen LogP) is 4.24. The lowest BCUT2D eigenvalue weighted by Gasteiger charge is -2.63. The van der Waals surface area contributed by atoms with Crippen LogP contribution in [0.1, 0.15) is 68.2 Å². The maximum atomic E-state index is 13.3. The van der Waals surface area contributed by atoms with Gasteiger partial charge in [-0.3, -0.25) is 5.10 Å². The van der Waals surface area contributed by atoms with Crippen LogP contribution in [0.2, 0.25) is 0 Å². The van der Waals surface area contributed by atoms with Gasteiger partial charge in [0.25, 0.3) is 6.43 Å². The Balaban J connectivity index is 0.845. The fourth-order valence-corrected chi connectivity index (χ4v) is 7.35. The largest absolute Gasteiger partial charge is 0.399 e. The highest BCUT2D eigenvalue weighted by molar-refractivity contribution is 5.77. The molecule has 5 aliphatic rings. The van der Waals surface area contributed by atoms with Crippen molar-refractivity contribution in [3.8, 4) is 0 Å². The smallest absolute Gasteiger partial charge is 0.323 e. The maximum Gasteiger partial charge on any atom is 0.399 e. The Morgan fingerprint density at radius 1 is 1.05 bits per heavy atom. The van der Waals surface area contributed by atoms with Crippen LogP contribution in [0.4, 0.5) is 26.7 Å². The van der Waals surface area contributed by atoms with Gasteiger partial charge in [0.15, 0.2) is 0 Å². The Morgan fingerprint density at radius 3 is 2.22 bits per heavy atom. The van der Waals surface area contributed by atoms with Gasteiger partial charge in [-0.2, -0.15) is 18.3 Å². The van der Waals surface area contributed by atoms with Crippen LogP contribution in [-0.4, -0.2) is 73.1 Å². The molecule has 1 N–H and O–H groups in total. The second-order valence-electron chi connectivity index (χ2n) is 12.3. The monoisotopic (exact) mass is 525 g/mol. The number of nitrogens with one attached hydrogen (secondary N) is 1. The number of halogens is 5.